The van der Waals surface area contributed by atoms with Crippen molar-refractivity contribution in [1.29, 1.82) is 0 Å². The average Bonchev–Trinajstić information content (AvgIpc) is 2.33. The van der Waals surface area contributed by atoms with E-state index in [0.29, 0.717) is 6.04 Å². The van der Waals surface area contributed by atoms with Gasteiger partial charge in [0.05, 0.1) is 0 Å². The average molecular weight is 234 g/mol. The van der Waals surface area contributed by atoms with Gasteiger partial charge in [0.15, 0.2) is 0 Å². The highest BCUT2D eigenvalue weighted by Crippen LogP contribution is 2.09. The van der Waals surface area contributed by atoms with Crippen molar-refractivity contribution >= 4 is 0 Å². The van der Waals surface area contributed by atoms with Gasteiger partial charge in [0.2, 0.25) is 0 Å². The minimum Gasteiger partial charge on any atom is -0.314 e. The summed E-state index contributed by atoms with van der Waals surface area (Å²) in [5, 5.41) is 3.63. The van der Waals surface area contributed by atoms with Gasteiger partial charge in [0, 0.05) is 18.4 Å². The maximum Gasteiger partial charge on any atom is 0.0300 e. The molecule has 1 aromatic heterocycles. The van der Waals surface area contributed by atoms with Crippen LogP contribution in [0.15, 0.2) is 18.5 Å². The van der Waals surface area contributed by atoms with Crippen LogP contribution in [0.4, 0.5) is 0 Å². The van der Waals surface area contributed by atoms with Gasteiger partial charge in [-0.25, -0.2) is 0 Å². The first kappa shape index (κ1) is 14.2. The zero-order valence-corrected chi connectivity index (χ0v) is 11.5. The molecule has 0 aliphatic heterocycles. The van der Waals surface area contributed by atoms with Crippen molar-refractivity contribution in [3.8, 4) is 0 Å². The van der Waals surface area contributed by atoms with E-state index in [1.165, 1.54) is 36.8 Å². The van der Waals surface area contributed by atoms with Crippen molar-refractivity contribution in [2.75, 3.05) is 6.54 Å². The molecule has 1 rings (SSSR count). The summed E-state index contributed by atoms with van der Waals surface area (Å²) in [4.78, 5) is 4.25. The molecule has 2 heteroatoms. The van der Waals surface area contributed by atoms with Gasteiger partial charge in [0.25, 0.3) is 0 Å². The molecule has 0 saturated carbocycles. The Hall–Kier alpha value is -0.890. The first-order chi connectivity index (χ1) is 8.26. The Morgan fingerprint density at radius 3 is 2.65 bits per heavy atom. The lowest BCUT2D eigenvalue weighted by molar-refractivity contribution is 0.448. The van der Waals surface area contributed by atoms with E-state index in [1.807, 2.05) is 12.4 Å². The summed E-state index contributed by atoms with van der Waals surface area (Å²) in [7, 11) is 0. The second-order valence-electron chi connectivity index (χ2n) is 4.85. The molecule has 0 aliphatic carbocycles. The summed E-state index contributed by atoms with van der Waals surface area (Å²) in [5.74, 6) is 0. The number of rotatable bonds is 8. The van der Waals surface area contributed by atoms with Crippen LogP contribution >= 0.6 is 0 Å². The SMILES string of the molecule is CCCNC(CCC)CCc1cncc(C)c1. The van der Waals surface area contributed by atoms with Crippen LogP contribution in [-0.4, -0.2) is 17.6 Å². The quantitative estimate of drug-likeness (QED) is 0.745. The Labute approximate surface area is 106 Å². The van der Waals surface area contributed by atoms with Gasteiger partial charge in [-0.1, -0.05) is 26.3 Å². The lowest BCUT2D eigenvalue weighted by Gasteiger charge is -2.17. The van der Waals surface area contributed by atoms with Crippen LogP contribution in [0.3, 0.4) is 0 Å². The summed E-state index contributed by atoms with van der Waals surface area (Å²) in [6.07, 6.45) is 10.0. The van der Waals surface area contributed by atoms with E-state index in [4.69, 9.17) is 0 Å². The van der Waals surface area contributed by atoms with Crippen LogP contribution < -0.4 is 5.32 Å². The molecule has 1 atom stereocenters. The minimum absolute atomic E-state index is 0.667. The van der Waals surface area contributed by atoms with E-state index < -0.39 is 0 Å². The Morgan fingerprint density at radius 1 is 1.18 bits per heavy atom. The van der Waals surface area contributed by atoms with Crippen LogP contribution in [0.2, 0.25) is 0 Å². The molecule has 0 saturated heterocycles. The summed E-state index contributed by atoms with van der Waals surface area (Å²) >= 11 is 0. The van der Waals surface area contributed by atoms with Gasteiger partial charge in [-0.15, -0.1) is 0 Å². The van der Waals surface area contributed by atoms with E-state index in [2.05, 4.69) is 37.1 Å². The number of nitrogens with one attached hydrogen (secondary N) is 1. The molecular formula is C15H26N2. The maximum absolute atomic E-state index is 4.25. The van der Waals surface area contributed by atoms with Gasteiger partial charge in [0.1, 0.15) is 0 Å². The van der Waals surface area contributed by atoms with Crippen LogP contribution in [0.1, 0.15) is 50.7 Å². The normalized spacial score (nSPS) is 12.6. The van der Waals surface area contributed by atoms with Gasteiger partial charge in [-0.2, -0.15) is 0 Å². The Bertz CT molecular complexity index is 310. The molecule has 96 valence electrons. The first-order valence-corrected chi connectivity index (χ1v) is 6.90. The number of aryl methyl sites for hydroxylation is 2. The summed E-state index contributed by atoms with van der Waals surface area (Å²) in [6.45, 7) is 7.72. The van der Waals surface area contributed by atoms with Crippen molar-refractivity contribution < 1.29 is 0 Å². The van der Waals surface area contributed by atoms with E-state index in [9.17, 15) is 0 Å². The smallest absolute Gasteiger partial charge is 0.0300 e. The molecule has 1 heterocycles. The second kappa shape index (κ2) is 8.24. The van der Waals surface area contributed by atoms with Gasteiger partial charge in [-0.3, -0.25) is 4.98 Å². The zero-order valence-electron chi connectivity index (χ0n) is 11.5. The van der Waals surface area contributed by atoms with Crippen molar-refractivity contribution in [2.45, 2.75) is 58.9 Å². The Kier molecular flexibility index (Phi) is 6.87. The number of pyridine rings is 1. The highest BCUT2D eigenvalue weighted by Gasteiger charge is 2.06. The van der Waals surface area contributed by atoms with E-state index >= 15 is 0 Å². The topological polar surface area (TPSA) is 24.9 Å². The minimum atomic E-state index is 0.667. The summed E-state index contributed by atoms with van der Waals surface area (Å²) in [5.41, 5.74) is 2.63. The summed E-state index contributed by atoms with van der Waals surface area (Å²) in [6, 6.07) is 2.91. The van der Waals surface area contributed by atoms with Crippen LogP contribution in [0.5, 0.6) is 0 Å². The zero-order chi connectivity index (χ0) is 12.5. The highest BCUT2D eigenvalue weighted by atomic mass is 14.9. The maximum atomic E-state index is 4.25. The van der Waals surface area contributed by atoms with Gasteiger partial charge < -0.3 is 5.32 Å². The molecule has 17 heavy (non-hydrogen) atoms. The molecule has 1 N–H and O–H groups in total. The molecule has 0 aromatic carbocycles. The number of nitrogens with zero attached hydrogens (tertiary/aromatic N) is 1. The van der Waals surface area contributed by atoms with Crippen LogP contribution in [-0.2, 0) is 6.42 Å². The number of hydrogen-bond acceptors (Lipinski definition) is 2. The van der Waals surface area contributed by atoms with Crippen LogP contribution in [0, 0.1) is 6.92 Å². The fourth-order valence-electron chi connectivity index (χ4n) is 2.14. The second-order valence-corrected chi connectivity index (χ2v) is 4.85. The Balaban J connectivity index is 2.39. The van der Waals surface area contributed by atoms with Crippen molar-refractivity contribution in [3.63, 3.8) is 0 Å². The monoisotopic (exact) mass is 234 g/mol. The third-order valence-electron chi connectivity index (χ3n) is 3.03. The fraction of sp³-hybridized carbons (Fsp3) is 0.667. The fourth-order valence-corrected chi connectivity index (χ4v) is 2.14. The molecular weight excluding hydrogens is 208 g/mol. The first-order valence-electron chi connectivity index (χ1n) is 6.90. The predicted molar refractivity (Wildman–Crippen MR) is 74.3 cm³/mol. The standard InChI is InChI=1S/C15H26N2/c1-4-6-15(17-9-5-2)8-7-14-10-13(3)11-16-12-14/h10-12,15,17H,4-9H2,1-3H3. The van der Waals surface area contributed by atoms with Gasteiger partial charge in [-0.05, 0) is 50.3 Å². The van der Waals surface area contributed by atoms with E-state index in [-0.39, 0.29) is 0 Å². The molecule has 1 aromatic rings. The van der Waals surface area contributed by atoms with Crippen molar-refractivity contribution in [1.82, 2.24) is 10.3 Å². The molecule has 2 nitrogen and oxygen atoms in total. The largest absolute Gasteiger partial charge is 0.314 e. The molecule has 0 bridgehead atoms. The predicted octanol–water partition coefficient (Wildman–Crippen LogP) is 3.49. The number of aromatic nitrogens is 1. The molecule has 0 radical (unpaired) electrons. The van der Waals surface area contributed by atoms with E-state index in [0.717, 1.165) is 13.0 Å². The molecule has 0 aliphatic rings. The third kappa shape index (κ3) is 5.83. The van der Waals surface area contributed by atoms with Crippen molar-refractivity contribution in [2.24, 2.45) is 0 Å². The molecule has 1 unspecified atom stereocenters. The summed E-state index contributed by atoms with van der Waals surface area (Å²) < 4.78 is 0. The van der Waals surface area contributed by atoms with Crippen molar-refractivity contribution in [3.05, 3.63) is 29.6 Å². The lowest BCUT2D eigenvalue weighted by atomic mass is 10.0. The molecule has 0 spiro atoms. The Morgan fingerprint density at radius 2 is 2.00 bits per heavy atom. The van der Waals surface area contributed by atoms with E-state index in [1.54, 1.807) is 0 Å². The highest BCUT2D eigenvalue weighted by molar-refractivity contribution is 5.16. The lowest BCUT2D eigenvalue weighted by Crippen LogP contribution is -2.30. The number of hydrogen-bond donors (Lipinski definition) is 1. The molecule has 0 amide bonds. The van der Waals surface area contributed by atoms with Gasteiger partial charge >= 0.3 is 0 Å². The molecule has 0 fully saturated rings. The van der Waals surface area contributed by atoms with Crippen LogP contribution in [0.25, 0.3) is 0 Å². The third-order valence-corrected chi connectivity index (χ3v) is 3.03.